The Morgan fingerprint density at radius 1 is 1.20 bits per heavy atom. The van der Waals surface area contributed by atoms with E-state index in [1.54, 1.807) is 20.3 Å². The second kappa shape index (κ2) is 3.60. The molecule has 2 heterocycles. The molecule has 2 rings (SSSR count). The highest BCUT2D eigenvalue weighted by Crippen LogP contribution is 2.00. The van der Waals surface area contributed by atoms with Crippen molar-refractivity contribution in [3.8, 4) is 0 Å². The maximum atomic E-state index is 11.6. The molecule has 0 amide bonds. The first-order valence-corrected chi connectivity index (χ1v) is 4.40. The van der Waals surface area contributed by atoms with Crippen LogP contribution in [0, 0.1) is 0 Å². The molecule has 7 nitrogen and oxygen atoms in total. The van der Waals surface area contributed by atoms with Gasteiger partial charge in [0.25, 0.3) is 0 Å². The summed E-state index contributed by atoms with van der Waals surface area (Å²) in [6.07, 6.45) is 3.21. The maximum Gasteiger partial charge on any atom is 0.190 e. The minimum absolute atomic E-state index is 0.108. The summed E-state index contributed by atoms with van der Waals surface area (Å²) in [5.74, 6) is -0.108. The van der Waals surface area contributed by atoms with Crippen molar-refractivity contribution in [1.29, 1.82) is 0 Å². The van der Waals surface area contributed by atoms with Gasteiger partial charge in [-0.1, -0.05) is 0 Å². The zero-order valence-corrected chi connectivity index (χ0v) is 8.45. The Balaban J connectivity index is 2.10. The van der Waals surface area contributed by atoms with E-state index in [-0.39, 0.29) is 12.2 Å². The molecule has 7 heteroatoms. The Labute approximate surface area is 85.7 Å². The van der Waals surface area contributed by atoms with Gasteiger partial charge in [-0.2, -0.15) is 30.0 Å². The molecule has 0 N–H and O–H groups in total. The maximum absolute atomic E-state index is 11.6. The number of carbonyl (C=O) groups excluding carboxylic acids is 1. The molecule has 0 bridgehead atoms. The Bertz CT molecular complexity index is 485. The monoisotopic (exact) mass is 206 g/mol. The molecule has 0 unspecified atom stereocenters. The molecular formula is C8H10N6O. The number of carbonyl (C=O) groups is 1. The van der Waals surface area contributed by atoms with Crippen LogP contribution in [0.2, 0.25) is 0 Å². The molecule has 2 aromatic heterocycles. The van der Waals surface area contributed by atoms with Crippen LogP contribution in [0.1, 0.15) is 16.2 Å². The Hall–Kier alpha value is -2.05. The minimum Gasteiger partial charge on any atom is -0.292 e. The fraction of sp³-hybridized carbons (Fsp3) is 0.375. The number of hydrogen-bond acceptors (Lipinski definition) is 5. The van der Waals surface area contributed by atoms with Gasteiger partial charge in [0.2, 0.25) is 0 Å². The fourth-order valence-electron chi connectivity index (χ4n) is 1.20. The molecule has 0 radical (unpaired) electrons. The molecular weight excluding hydrogens is 196 g/mol. The number of ketones is 1. The molecule has 0 aliphatic rings. The van der Waals surface area contributed by atoms with Crippen molar-refractivity contribution in [3.63, 3.8) is 0 Å². The Kier molecular flexibility index (Phi) is 2.28. The van der Waals surface area contributed by atoms with Crippen molar-refractivity contribution in [1.82, 2.24) is 30.0 Å². The van der Waals surface area contributed by atoms with Gasteiger partial charge in [-0.05, 0) is 0 Å². The molecule has 0 fully saturated rings. The van der Waals surface area contributed by atoms with E-state index >= 15 is 0 Å². The summed E-state index contributed by atoms with van der Waals surface area (Å²) in [6, 6.07) is 0. The van der Waals surface area contributed by atoms with Gasteiger partial charge in [0, 0.05) is 14.1 Å². The topological polar surface area (TPSA) is 78.5 Å². The largest absolute Gasteiger partial charge is 0.292 e. The molecule has 78 valence electrons. The van der Waals surface area contributed by atoms with Gasteiger partial charge in [-0.15, -0.1) is 0 Å². The third-order valence-electron chi connectivity index (χ3n) is 1.87. The van der Waals surface area contributed by atoms with E-state index in [2.05, 4.69) is 20.4 Å². The van der Waals surface area contributed by atoms with E-state index in [1.165, 1.54) is 15.8 Å². The summed E-state index contributed by atoms with van der Waals surface area (Å²) in [4.78, 5) is 14.4. The Morgan fingerprint density at radius 3 is 2.40 bits per heavy atom. The van der Waals surface area contributed by atoms with Crippen molar-refractivity contribution < 1.29 is 4.79 Å². The third kappa shape index (κ3) is 2.06. The Morgan fingerprint density at radius 2 is 1.87 bits per heavy atom. The van der Waals surface area contributed by atoms with Crippen molar-refractivity contribution in [3.05, 3.63) is 23.8 Å². The lowest BCUT2D eigenvalue weighted by molar-refractivity contribution is 0.0986. The summed E-state index contributed by atoms with van der Waals surface area (Å²) in [5.41, 5.74) is 0.983. The van der Waals surface area contributed by atoms with Gasteiger partial charge in [0.05, 0.1) is 24.5 Å². The standard InChI is InChI=1S/C8H10N6O/c1-13-9-4-6(11-13)3-8(15)7-5-10-14(2)12-7/h4-5H,3H2,1-2H3. The van der Waals surface area contributed by atoms with Gasteiger partial charge in [0.1, 0.15) is 5.69 Å². The first-order chi connectivity index (χ1) is 7.15. The van der Waals surface area contributed by atoms with Gasteiger partial charge in [-0.25, -0.2) is 0 Å². The number of aryl methyl sites for hydroxylation is 2. The number of nitrogens with zero attached hydrogens (tertiary/aromatic N) is 6. The van der Waals surface area contributed by atoms with Crippen molar-refractivity contribution in [2.75, 3.05) is 0 Å². The first kappa shape index (κ1) is 9.50. The van der Waals surface area contributed by atoms with Crippen LogP contribution in [0.3, 0.4) is 0 Å². The zero-order valence-electron chi connectivity index (χ0n) is 8.45. The summed E-state index contributed by atoms with van der Waals surface area (Å²) >= 11 is 0. The van der Waals surface area contributed by atoms with E-state index in [0.29, 0.717) is 11.4 Å². The highest BCUT2D eigenvalue weighted by molar-refractivity contribution is 5.95. The fourth-order valence-corrected chi connectivity index (χ4v) is 1.20. The van der Waals surface area contributed by atoms with Crippen molar-refractivity contribution in [2.45, 2.75) is 6.42 Å². The molecule has 0 aliphatic carbocycles. The zero-order chi connectivity index (χ0) is 10.8. The van der Waals surface area contributed by atoms with Crippen LogP contribution in [-0.2, 0) is 20.5 Å². The lowest BCUT2D eigenvalue weighted by Gasteiger charge is -1.91. The van der Waals surface area contributed by atoms with Crippen molar-refractivity contribution >= 4 is 5.78 Å². The lowest BCUT2D eigenvalue weighted by atomic mass is 10.2. The van der Waals surface area contributed by atoms with Gasteiger partial charge < -0.3 is 0 Å². The highest BCUT2D eigenvalue weighted by atomic mass is 16.1. The number of hydrogen-bond donors (Lipinski definition) is 0. The van der Waals surface area contributed by atoms with Gasteiger partial charge in [0.15, 0.2) is 5.78 Å². The van der Waals surface area contributed by atoms with E-state index in [9.17, 15) is 4.79 Å². The summed E-state index contributed by atoms with van der Waals surface area (Å²) in [7, 11) is 3.37. The normalized spacial score (nSPS) is 10.5. The predicted octanol–water partition coefficient (Wildman–Crippen LogP) is -0.631. The third-order valence-corrected chi connectivity index (χ3v) is 1.87. The molecule has 2 aromatic rings. The highest BCUT2D eigenvalue weighted by Gasteiger charge is 2.12. The SMILES string of the molecule is Cn1ncc(CC(=O)c2cnn(C)n2)n1. The van der Waals surface area contributed by atoms with Crippen LogP contribution >= 0.6 is 0 Å². The summed E-state index contributed by atoms with van der Waals surface area (Å²) in [6.45, 7) is 0. The van der Waals surface area contributed by atoms with Gasteiger partial charge >= 0.3 is 0 Å². The summed E-state index contributed by atoms with van der Waals surface area (Å²) < 4.78 is 0. The van der Waals surface area contributed by atoms with Crippen LogP contribution in [-0.4, -0.2) is 35.8 Å². The molecule has 0 atom stereocenters. The quantitative estimate of drug-likeness (QED) is 0.625. The van der Waals surface area contributed by atoms with Crippen LogP contribution in [0.5, 0.6) is 0 Å². The number of aromatic nitrogens is 6. The van der Waals surface area contributed by atoms with E-state index in [1.807, 2.05) is 0 Å². The van der Waals surface area contributed by atoms with E-state index in [0.717, 1.165) is 0 Å². The smallest absolute Gasteiger partial charge is 0.190 e. The van der Waals surface area contributed by atoms with Crippen molar-refractivity contribution in [2.24, 2.45) is 14.1 Å². The van der Waals surface area contributed by atoms with E-state index < -0.39 is 0 Å². The molecule has 15 heavy (non-hydrogen) atoms. The molecule has 0 aromatic carbocycles. The number of Topliss-reactive ketones (excluding diaryl/α,β-unsaturated/α-hetero) is 1. The van der Waals surface area contributed by atoms with E-state index in [4.69, 9.17) is 0 Å². The molecule has 0 saturated heterocycles. The molecule has 0 spiro atoms. The average molecular weight is 206 g/mol. The average Bonchev–Trinajstić information content (AvgIpc) is 2.75. The second-order valence-corrected chi connectivity index (χ2v) is 3.14. The molecule has 0 aliphatic heterocycles. The summed E-state index contributed by atoms with van der Waals surface area (Å²) in [5, 5.41) is 15.6. The number of rotatable bonds is 3. The second-order valence-electron chi connectivity index (χ2n) is 3.14. The van der Waals surface area contributed by atoms with Crippen LogP contribution in [0.25, 0.3) is 0 Å². The minimum atomic E-state index is -0.108. The lowest BCUT2D eigenvalue weighted by Crippen LogP contribution is -2.06. The molecule has 0 saturated carbocycles. The first-order valence-electron chi connectivity index (χ1n) is 4.40. The predicted molar refractivity (Wildman–Crippen MR) is 50.0 cm³/mol. The van der Waals surface area contributed by atoms with Crippen LogP contribution < -0.4 is 0 Å². The van der Waals surface area contributed by atoms with Crippen LogP contribution in [0.4, 0.5) is 0 Å². The van der Waals surface area contributed by atoms with Gasteiger partial charge in [-0.3, -0.25) is 4.79 Å². The van der Waals surface area contributed by atoms with Crippen LogP contribution in [0.15, 0.2) is 12.4 Å².